The Morgan fingerprint density at radius 2 is 1.58 bits per heavy atom. The second-order valence-corrected chi connectivity index (χ2v) is 6.90. The largest absolute Gasteiger partial charge is 0.353 e. The maximum Gasteiger partial charge on any atom is 0.245 e. The molecule has 1 saturated heterocycles. The van der Waals surface area contributed by atoms with Crippen LogP contribution in [0.15, 0.2) is 0 Å². The molecule has 2 atom stereocenters. The van der Waals surface area contributed by atoms with Crippen molar-refractivity contribution in [2.45, 2.75) is 53.1 Å². The number of hydrogen-bond donors (Lipinski definition) is 2. The highest BCUT2D eigenvalue weighted by molar-refractivity contribution is 5.87. The van der Waals surface area contributed by atoms with Crippen LogP contribution in [0.25, 0.3) is 0 Å². The first kappa shape index (κ1) is 20.4. The molecular formula is C17H32N4O3. The number of rotatable bonds is 7. The summed E-state index contributed by atoms with van der Waals surface area (Å²) in [6.07, 6.45) is 0.910. The van der Waals surface area contributed by atoms with Crippen molar-refractivity contribution < 1.29 is 14.4 Å². The summed E-state index contributed by atoms with van der Waals surface area (Å²) >= 11 is 0. The first-order valence-electron chi connectivity index (χ1n) is 8.82. The van der Waals surface area contributed by atoms with Gasteiger partial charge in [0.2, 0.25) is 17.7 Å². The molecule has 1 heterocycles. The molecule has 2 N–H and O–H groups in total. The molecule has 1 aliphatic rings. The fourth-order valence-electron chi connectivity index (χ4n) is 2.68. The van der Waals surface area contributed by atoms with Crippen LogP contribution in [0.2, 0.25) is 0 Å². The zero-order valence-electron chi connectivity index (χ0n) is 15.6. The standard InChI is InChI=1S/C17H32N4O3/c1-6-13(4)18-15(23)11-20-7-9-21(10-8-20)17(24)16(12(2)3)19-14(5)22/h12-13,16H,6-11H2,1-5H3,(H,18,23)(H,19,22). The summed E-state index contributed by atoms with van der Waals surface area (Å²) in [5.41, 5.74) is 0. The second kappa shape index (κ2) is 9.61. The monoisotopic (exact) mass is 340 g/mol. The van der Waals surface area contributed by atoms with Crippen molar-refractivity contribution in [1.29, 1.82) is 0 Å². The average molecular weight is 340 g/mol. The Kier molecular flexibility index (Phi) is 8.18. The number of carbonyl (C=O) groups is 3. The van der Waals surface area contributed by atoms with Crippen LogP contribution in [0.5, 0.6) is 0 Å². The number of piperazine rings is 1. The third-order valence-electron chi connectivity index (χ3n) is 4.36. The second-order valence-electron chi connectivity index (χ2n) is 6.90. The van der Waals surface area contributed by atoms with E-state index in [2.05, 4.69) is 15.5 Å². The fraction of sp³-hybridized carbons (Fsp3) is 0.824. The lowest BCUT2D eigenvalue weighted by atomic mass is 10.0. The molecule has 2 unspecified atom stereocenters. The third-order valence-corrected chi connectivity index (χ3v) is 4.36. The quantitative estimate of drug-likeness (QED) is 0.694. The van der Waals surface area contributed by atoms with Gasteiger partial charge in [-0.2, -0.15) is 0 Å². The molecule has 7 nitrogen and oxygen atoms in total. The van der Waals surface area contributed by atoms with Crippen LogP contribution in [0.3, 0.4) is 0 Å². The molecule has 1 fully saturated rings. The lowest BCUT2D eigenvalue weighted by molar-refractivity contribution is -0.139. The zero-order chi connectivity index (χ0) is 18.3. The number of nitrogens with zero attached hydrogens (tertiary/aromatic N) is 2. The first-order chi connectivity index (χ1) is 11.2. The molecule has 0 aromatic heterocycles. The summed E-state index contributed by atoms with van der Waals surface area (Å²) in [7, 11) is 0. The normalized spacial score (nSPS) is 18.2. The minimum absolute atomic E-state index is 0.0300. The molecule has 0 bridgehead atoms. The number of hydrogen-bond acceptors (Lipinski definition) is 4. The maximum absolute atomic E-state index is 12.6. The van der Waals surface area contributed by atoms with Gasteiger partial charge in [0.25, 0.3) is 0 Å². The van der Waals surface area contributed by atoms with Crippen LogP contribution in [0, 0.1) is 5.92 Å². The van der Waals surface area contributed by atoms with Gasteiger partial charge in [-0.3, -0.25) is 19.3 Å². The number of amides is 3. The molecule has 0 aliphatic carbocycles. The first-order valence-corrected chi connectivity index (χ1v) is 8.82. The lowest BCUT2D eigenvalue weighted by Gasteiger charge is -2.37. The minimum atomic E-state index is -0.484. The molecule has 1 aliphatic heterocycles. The minimum Gasteiger partial charge on any atom is -0.353 e. The Balaban J connectivity index is 2.47. The summed E-state index contributed by atoms with van der Waals surface area (Å²) < 4.78 is 0. The Hall–Kier alpha value is -1.63. The molecule has 3 amide bonds. The van der Waals surface area contributed by atoms with E-state index in [1.54, 1.807) is 4.90 Å². The van der Waals surface area contributed by atoms with Crippen molar-refractivity contribution in [1.82, 2.24) is 20.4 Å². The summed E-state index contributed by atoms with van der Waals surface area (Å²) in [5, 5.41) is 5.70. The van der Waals surface area contributed by atoms with E-state index in [0.29, 0.717) is 32.7 Å². The number of nitrogens with one attached hydrogen (secondary N) is 2. The van der Waals surface area contributed by atoms with E-state index in [4.69, 9.17) is 0 Å². The van der Waals surface area contributed by atoms with Crippen molar-refractivity contribution in [3.8, 4) is 0 Å². The van der Waals surface area contributed by atoms with Crippen LogP contribution in [0.1, 0.15) is 41.0 Å². The molecule has 0 radical (unpaired) electrons. The van der Waals surface area contributed by atoms with E-state index >= 15 is 0 Å². The Labute approximate surface area is 145 Å². The lowest BCUT2D eigenvalue weighted by Crippen LogP contribution is -2.57. The Morgan fingerprint density at radius 3 is 2.04 bits per heavy atom. The van der Waals surface area contributed by atoms with E-state index in [-0.39, 0.29) is 29.7 Å². The van der Waals surface area contributed by atoms with Gasteiger partial charge in [-0.1, -0.05) is 20.8 Å². The molecule has 24 heavy (non-hydrogen) atoms. The summed E-state index contributed by atoms with van der Waals surface area (Å²) in [6.45, 7) is 12.2. The van der Waals surface area contributed by atoms with Crippen molar-refractivity contribution >= 4 is 17.7 Å². The van der Waals surface area contributed by atoms with E-state index in [9.17, 15) is 14.4 Å². The summed E-state index contributed by atoms with van der Waals surface area (Å²) in [6, 6.07) is -0.299. The average Bonchev–Trinajstić information content (AvgIpc) is 2.52. The Morgan fingerprint density at radius 1 is 1.00 bits per heavy atom. The van der Waals surface area contributed by atoms with Crippen LogP contribution in [-0.2, 0) is 14.4 Å². The molecule has 0 spiro atoms. The topological polar surface area (TPSA) is 81.8 Å². The van der Waals surface area contributed by atoms with Gasteiger partial charge >= 0.3 is 0 Å². The third kappa shape index (κ3) is 6.47. The van der Waals surface area contributed by atoms with Crippen LogP contribution in [0.4, 0.5) is 0 Å². The Bertz CT molecular complexity index is 445. The molecular weight excluding hydrogens is 308 g/mol. The summed E-state index contributed by atoms with van der Waals surface area (Å²) in [4.78, 5) is 39.7. The van der Waals surface area contributed by atoms with Gasteiger partial charge in [-0.25, -0.2) is 0 Å². The van der Waals surface area contributed by atoms with Crippen LogP contribution >= 0.6 is 0 Å². The van der Waals surface area contributed by atoms with Gasteiger partial charge in [-0.05, 0) is 19.3 Å². The predicted octanol–water partition coefficient (Wildman–Crippen LogP) is 0.206. The van der Waals surface area contributed by atoms with Gasteiger partial charge < -0.3 is 15.5 Å². The van der Waals surface area contributed by atoms with Gasteiger partial charge in [0.15, 0.2) is 0 Å². The van der Waals surface area contributed by atoms with Crippen molar-refractivity contribution in [2.75, 3.05) is 32.7 Å². The highest BCUT2D eigenvalue weighted by Gasteiger charge is 2.30. The fourth-order valence-corrected chi connectivity index (χ4v) is 2.68. The van der Waals surface area contributed by atoms with Crippen molar-refractivity contribution in [2.24, 2.45) is 5.92 Å². The maximum atomic E-state index is 12.6. The van der Waals surface area contributed by atoms with Gasteiger partial charge in [0.05, 0.1) is 6.54 Å². The predicted molar refractivity (Wildman–Crippen MR) is 93.4 cm³/mol. The van der Waals surface area contributed by atoms with E-state index in [0.717, 1.165) is 6.42 Å². The molecule has 138 valence electrons. The van der Waals surface area contributed by atoms with E-state index < -0.39 is 6.04 Å². The van der Waals surface area contributed by atoms with E-state index in [1.165, 1.54) is 6.92 Å². The molecule has 7 heteroatoms. The molecule has 0 saturated carbocycles. The summed E-state index contributed by atoms with van der Waals surface area (Å²) in [5.74, 6) is -0.158. The van der Waals surface area contributed by atoms with Crippen molar-refractivity contribution in [3.63, 3.8) is 0 Å². The zero-order valence-corrected chi connectivity index (χ0v) is 15.6. The SMILES string of the molecule is CCC(C)NC(=O)CN1CCN(C(=O)C(NC(C)=O)C(C)C)CC1. The highest BCUT2D eigenvalue weighted by atomic mass is 16.2. The highest BCUT2D eigenvalue weighted by Crippen LogP contribution is 2.09. The molecule has 1 rings (SSSR count). The van der Waals surface area contributed by atoms with Crippen molar-refractivity contribution in [3.05, 3.63) is 0 Å². The van der Waals surface area contributed by atoms with Crippen LogP contribution in [-0.4, -0.2) is 72.3 Å². The van der Waals surface area contributed by atoms with Gasteiger partial charge in [-0.15, -0.1) is 0 Å². The van der Waals surface area contributed by atoms with Crippen LogP contribution < -0.4 is 10.6 Å². The number of carbonyl (C=O) groups excluding carboxylic acids is 3. The van der Waals surface area contributed by atoms with E-state index in [1.807, 2.05) is 27.7 Å². The van der Waals surface area contributed by atoms with Gasteiger partial charge in [0, 0.05) is 39.1 Å². The molecule has 0 aromatic carbocycles. The van der Waals surface area contributed by atoms with Gasteiger partial charge in [0.1, 0.15) is 6.04 Å². The molecule has 0 aromatic rings. The smallest absolute Gasteiger partial charge is 0.245 e.